The van der Waals surface area contributed by atoms with E-state index in [1.165, 1.54) is 0 Å². The van der Waals surface area contributed by atoms with E-state index in [2.05, 4.69) is 27.7 Å². The van der Waals surface area contributed by atoms with Gasteiger partial charge in [0.1, 0.15) is 0 Å². The van der Waals surface area contributed by atoms with Crippen LogP contribution in [0.3, 0.4) is 0 Å². The van der Waals surface area contributed by atoms with Gasteiger partial charge in [0.2, 0.25) is 5.91 Å². The van der Waals surface area contributed by atoms with Crippen LogP contribution in [0.25, 0.3) is 0 Å². The minimum atomic E-state index is 0.182. The zero-order valence-electron chi connectivity index (χ0n) is 10.1. The van der Waals surface area contributed by atoms with E-state index in [1.54, 1.807) is 11.8 Å². The summed E-state index contributed by atoms with van der Waals surface area (Å²) in [6.07, 6.45) is 2.24. The van der Waals surface area contributed by atoms with Gasteiger partial charge in [0.25, 0.3) is 0 Å². The van der Waals surface area contributed by atoms with E-state index in [9.17, 15) is 4.79 Å². The Hall–Kier alpha value is -0.180. The highest BCUT2D eigenvalue weighted by atomic mass is 32.2. The third kappa shape index (κ3) is 7.25. The van der Waals surface area contributed by atoms with Gasteiger partial charge in [-0.25, -0.2) is 0 Å². The van der Waals surface area contributed by atoms with Crippen molar-refractivity contribution in [2.24, 2.45) is 0 Å². The Bertz CT molecular complexity index is 175. The molecule has 0 spiro atoms. The van der Waals surface area contributed by atoms with Gasteiger partial charge >= 0.3 is 0 Å². The van der Waals surface area contributed by atoms with Crippen LogP contribution in [0.1, 0.15) is 40.5 Å². The number of amides is 1. The number of rotatable bonds is 5. The van der Waals surface area contributed by atoms with E-state index in [0.717, 1.165) is 19.4 Å². The molecule has 1 amide bonds. The van der Waals surface area contributed by atoms with Crippen LogP contribution in [-0.2, 0) is 4.79 Å². The van der Waals surface area contributed by atoms with Gasteiger partial charge in [-0.05, 0) is 6.42 Å². The summed E-state index contributed by atoms with van der Waals surface area (Å²) < 4.78 is 0.182. The fourth-order valence-corrected chi connectivity index (χ4v) is 1.69. The molecule has 0 atom stereocenters. The molecule has 14 heavy (non-hydrogen) atoms. The lowest BCUT2D eigenvalue weighted by molar-refractivity contribution is -0.127. The molecule has 0 bridgehead atoms. The lowest BCUT2D eigenvalue weighted by atomic mass is 10.3. The van der Waals surface area contributed by atoms with E-state index < -0.39 is 0 Å². The van der Waals surface area contributed by atoms with Crippen LogP contribution in [0.4, 0.5) is 0 Å². The number of unbranched alkanes of at least 4 members (excludes halogenated alkanes) is 1. The summed E-state index contributed by atoms with van der Waals surface area (Å²) in [7, 11) is 1.89. The normalized spacial score (nSPS) is 11.5. The third-order valence-electron chi connectivity index (χ3n) is 1.90. The van der Waals surface area contributed by atoms with Crippen LogP contribution in [0.5, 0.6) is 0 Å². The Labute approximate surface area is 92.4 Å². The van der Waals surface area contributed by atoms with Crippen LogP contribution in [0, 0.1) is 0 Å². The molecule has 0 N–H and O–H groups in total. The predicted molar refractivity (Wildman–Crippen MR) is 64.8 cm³/mol. The second kappa shape index (κ2) is 6.33. The van der Waals surface area contributed by atoms with Gasteiger partial charge in [0.15, 0.2) is 0 Å². The van der Waals surface area contributed by atoms with Crippen LogP contribution in [0.2, 0.25) is 0 Å². The molecule has 0 heterocycles. The van der Waals surface area contributed by atoms with E-state index in [0.29, 0.717) is 5.75 Å². The first-order chi connectivity index (χ1) is 6.37. The van der Waals surface area contributed by atoms with E-state index in [4.69, 9.17) is 0 Å². The highest BCUT2D eigenvalue weighted by Crippen LogP contribution is 2.22. The zero-order chi connectivity index (χ0) is 11.2. The highest BCUT2D eigenvalue weighted by molar-refractivity contribution is 8.01. The average molecular weight is 217 g/mol. The van der Waals surface area contributed by atoms with E-state index >= 15 is 0 Å². The molecular formula is C11H23NOS. The number of hydrogen-bond acceptors (Lipinski definition) is 2. The molecule has 0 aliphatic carbocycles. The van der Waals surface area contributed by atoms with Gasteiger partial charge in [-0.1, -0.05) is 34.1 Å². The predicted octanol–water partition coefficient (Wildman–Crippen LogP) is 2.78. The van der Waals surface area contributed by atoms with Gasteiger partial charge in [0.05, 0.1) is 5.75 Å². The van der Waals surface area contributed by atoms with Crippen molar-refractivity contribution in [3.63, 3.8) is 0 Å². The number of carbonyl (C=O) groups excluding carboxylic acids is 1. The summed E-state index contributed by atoms with van der Waals surface area (Å²) in [6.45, 7) is 9.44. The first-order valence-electron chi connectivity index (χ1n) is 5.24. The van der Waals surface area contributed by atoms with Crippen molar-refractivity contribution >= 4 is 17.7 Å². The Balaban J connectivity index is 3.73. The van der Waals surface area contributed by atoms with Gasteiger partial charge in [0, 0.05) is 18.3 Å². The summed E-state index contributed by atoms with van der Waals surface area (Å²) in [5.74, 6) is 0.849. The molecule has 0 aliphatic heterocycles. The number of nitrogens with zero attached hydrogens (tertiary/aromatic N) is 1. The number of thioether (sulfide) groups is 1. The molecule has 0 unspecified atom stereocenters. The smallest absolute Gasteiger partial charge is 0.232 e. The van der Waals surface area contributed by atoms with Crippen LogP contribution in [-0.4, -0.2) is 34.9 Å². The van der Waals surface area contributed by atoms with Gasteiger partial charge in [-0.15, -0.1) is 11.8 Å². The number of hydrogen-bond donors (Lipinski definition) is 0. The Morgan fingerprint density at radius 1 is 1.36 bits per heavy atom. The van der Waals surface area contributed by atoms with Crippen molar-refractivity contribution in [2.45, 2.75) is 45.3 Å². The molecule has 0 radical (unpaired) electrons. The molecule has 0 aliphatic rings. The molecule has 84 valence electrons. The molecule has 2 nitrogen and oxygen atoms in total. The SMILES string of the molecule is CCCCN(C)C(=O)CSC(C)(C)C. The first-order valence-corrected chi connectivity index (χ1v) is 6.23. The van der Waals surface area contributed by atoms with E-state index in [-0.39, 0.29) is 10.7 Å². The lowest BCUT2D eigenvalue weighted by Gasteiger charge is -2.21. The Kier molecular flexibility index (Phi) is 6.25. The molecule has 0 aromatic heterocycles. The summed E-state index contributed by atoms with van der Waals surface area (Å²) in [6, 6.07) is 0. The van der Waals surface area contributed by atoms with Gasteiger partial charge < -0.3 is 4.90 Å². The van der Waals surface area contributed by atoms with Gasteiger partial charge in [-0.3, -0.25) is 4.79 Å². The van der Waals surface area contributed by atoms with Crippen LogP contribution < -0.4 is 0 Å². The molecule has 0 aromatic rings. The van der Waals surface area contributed by atoms with Crippen molar-refractivity contribution in [3.8, 4) is 0 Å². The van der Waals surface area contributed by atoms with Crippen LogP contribution >= 0.6 is 11.8 Å². The molecule has 0 fully saturated rings. The molecule has 0 saturated carbocycles. The van der Waals surface area contributed by atoms with Crippen molar-refractivity contribution in [3.05, 3.63) is 0 Å². The standard InChI is InChI=1S/C11H23NOS/c1-6-7-8-12(5)10(13)9-14-11(2,3)4/h6-9H2,1-5H3. The quantitative estimate of drug-likeness (QED) is 0.706. The monoisotopic (exact) mass is 217 g/mol. The van der Waals surface area contributed by atoms with Gasteiger partial charge in [-0.2, -0.15) is 0 Å². The summed E-state index contributed by atoms with van der Waals surface area (Å²) >= 11 is 1.71. The van der Waals surface area contributed by atoms with Crippen LogP contribution in [0.15, 0.2) is 0 Å². The Morgan fingerprint density at radius 3 is 2.36 bits per heavy atom. The third-order valence-corrected chi connectivity index (χ3v) is 3.16. The number of carbonyl (C=O) groups is 1. The van der Waals surface area contributed by atoms with Crippen molar-refractivity contribution in [1.29, 1.82) is 0 Å². The summed E-state index contributed by atoms with van der Waals surface area (Å²) in [4.78, 5) is 13.4. The maximum absolute atomic E-state index is 11.6. The van der Waals surface area contributed by atoms with Crippen molar-refractivity contribution in [2.75, 3.05) is 19.3 Å². The molecule has 3 heteroatoms. The summed E-state index contributed by atoms with van der Waals surface area (Å²) in [5.41, 5.74) is 0. The minimum Gasteiger partial charge on any atom is -0.345 e. The molecule has 0 aromatic carbocycles. The maximum atomic E-state index is 11.6. The second-order valence-electron chi connectivity index (χ2n) is 4.57. The second-order valence-corrected chi connectivity index (χ2v) is 6.37. The zero-order valence-corrected chi connectivity index (χ0v) is 10.9. The Morgan fingerprint density at radius 2 is 1.93 bits per heavy atom. The van der Waals surface area contributed by atoms with Crippen molar-refractivity contribution in [1.82, 2.24) is 4.90 Å². The fourth-order valence-electron chi connectivity index (χ4n) is 0.908. The van der Waals surface area contributed by atoms with E-state index in [1.807, 2.05) is 11.9 Å². The largest absolute Gasteiger partial charge is 0.345 e. The topological polar surface area (TPSA) is 20.3 Å². The summed E-state index contributed by atoms with van der Waals surface area (Å²) in [5, 5.41) is 0. The highest BCUT2D eigenvalue weighted by Gasteiger charge is 2.15. The lowest BCUT2D eigenvalue weighted by Crippen LogP contribution is -2.30. The molecule has 0 rings (SSSR count). The maximum Gasteiger partial charge on any atom is 0.232 e. The molecular weight excluding hydrogens is 194 g/mol. The minimum absolute atomic E-state index is 0.182. The fraction of sp³-hybridized carbons (Fsp3) is 0.909. The molecule has 0 saturated heterocycles. The first kappa shape index (κ1) is 13.8. The van der Waals surface area contributed by atoms with Crippen molar-refractivity contribution < 1.29 is 4.79 Å². The average Bonchev–Trinajstić information content (AvgIpc) is 2.09.